The topological polar surface area (TPSA) is 71.1 Å². The van der Waals surface area contributed by atoms with E-state index in [4.69, 9.17) is 0 Å². The van der Waals surface area contributed by atoms with Gasteiger partial charge in [0, 0.05) is 18.5 Å². The predicted molar refractivity (Wildman–Crippen MR) is 95.0 cm³/mol. The number of hydrogen-bond donors (Lipinski definition) is 2. The van der Waals surface area contributed by atoms with Crippen molar-refractivity contribution in [3.05, 3.63) is 16.6 Å². The summed E-state index contributed by atoms with van der Waals surface area (Å²) in [6.45, 7) is 0.569. The molecule has 0 saturated heterocycles. The molecule has 4 atom stereocenters. The van der Waals surface area contributed by atoms with E-state index in [0.29, 0.717) is 29.2 Å². The Morgan fingerprint density at radius 3 is 2.60 bits per heavy atom. The Labute approximate surface area is 152 Å². The zero-order chi connectivity index (χ0) is 17.0. The molecule has 2 amide bonds. The lowest BCUT2D eigenvalue weighted by atomic mass is 9.95. The van der Waals surface area contributed by atoms with Crippen molar-refractivity contribution in [3.8, 4) is 0 Å². The van der Waals surface area contributed by atoms with Crippen molar-refractivity contribution < 1.29 is 9.59 Å². The van der Waals surface area contributed by atoms with E-state index in [2.05, 4.69) is 15.6 Å². The summed E-state index contributed by atoms with van der Waals surface area (Å²) in [7, 11) is 0. The lowest BCUT2D eigenvalue weighted by Crippen LogP contribution is -2.48. The van der Waals surface area contributed by atoms with Gasteiger partial charge >= 0.3 is 0 Å². The van der Waals surface area contributed by atoms with Gasteiger partial charge in [-0.3, -0.25) is 14.6 Å². The lowest BCUT2D eigenvalue weighted by Gasteiger charge is -2.26. The third kappa shape index (κ3) is 2.69. The predicted octanol–water partition coefficient (Wildman–Crippen LogP) is 2.45. The fourth-order valence-corrected chi connectivity index (χ4v) is 6.58. The zero-order valence-corrected chi connectivity index (χ0v) is 15.1. The minimum atomic E-state index is -0.0565. The third-order valence-electron chi connectivity index (χ3n) is 7.21. The Balaban J connectivity index is 1.21. The van der Waals surface area contributed by atoms with Gasteiger partial charge in [0.2, 0.25) is 5.91 Å². The summed E-state index contributed by atoms with van der Waals surface area (Å²) in [6, 6.07) is 0.0347. The van der Waals surface area contributed by atoms with Gasteiger partial charge in [-0.25, -0.2) is 0 Å². The first-order chi connectivity index (χ1) is 12.2. The smallest absolute Gasteiger partial charge is 0.263 e. The number of carbonyl (C=O) groups excluding carboxylic acids is 2. The molecule has 0 radical (unpaired) electrons. The number of thiazole rings is 1. The number of rotatable bonds is 6. The summed E-state index contributed by atoms with van der Waals surface area (Å²) in [6.07, 6.45) is 8.90. The van der Waals surface area contributed by atoms with Gasteiger partial charge in [-0.15, -0.1) is 11.3 Å². The molecule has 1 aromatic heterocycles. The molecule has 1 aromatic rings. The maximum atomic E-state index is 12.7. The van der Waals surface area contributed by atoms with E-state index < -0.39 is 0 Å². The maximum Gasteiger partial charge on any atom is 0.263 e. The molecular formula is C19H25N3O2S. The molecule has 5 aliphatic rings. The van der Waals surface area contributed by atoms with Crippen LogP contribution in [0, 0.1) is 35.5 Å². The first-order valence-electron chi connectivity index (χ1n) is 9.69. The van der Waals surface area contributed by atoms with Crippen molar-refractivity contribution in [1.82, 2.24) is 15.6 Å². The SMILES string of the molecule is O=C(NC(CNC(=O)C1C2CC3C(C2)C31)C1CCCC1)c1cncs1. The van der Waals surface area contributed by atoms with Crippen LogP contribution in [-0.4, -0.2) is 29.4 Å². The third-order valence-corrected chi connectivity index (χ3v) is 7.98. The normalized spacial score (nSPS) is 36.4. The van der Waals surface area contributed by atoms with Crippen LogP contribution >= 0.6 is 11.3 Å². The van der Waals surface area contributed by atoms with Gasteiger partial charge in [-0.1, -0.05) is 12.8 Å². The van der Waals surface area contributed by atoms with Gasteiger partial charge in [0.15, 0.2) is 0 Å². The second kappa shape index (κ2) is 6.08. The average molecular weight is 359 g/mol. The highest BCUT2D eigenvalue weighted by molar-refractivity contribution is 7.11. The summed E-state index contributed by atoms with van der Waals surface area (Å²) < 4.78 is 0. The van der Waals surface area contributed by atoms with Crippen molar-refractivity contribution >= 4 is 23.2 Å². The Hall–Kier alpha value is -1.43. The molecular weight excluding hydrogens is 334 g/mol. The largest absolute Gasteiger partial charge is 0.354 e. The van der Waals surface area contributed by atoms with E-state index in [9.17, 15) is 9.59 Å². The first kappa shape index (κ1) is 15.8. The molecule has 4 unspecified atom stereocenters. The van der Waals surface area contributed by atoms with Gasteiger partial charge < -0.3 is 10.6 Å². The van der Waals surface area contributed by atoms with E-state index in [1.807, 2.05) is 0 Å². The van der Waals surface area contributed by atoms with Crippen LogP contribution in [0.15, 0.2) is 11.7 Å². The highest BCUT2D eigenvalue weighted by Gasteiger charge is 2.70. The van der Waals surface area contributed by atoms with Crippen LogP contribution in [0.4, 0.5) is 0 Å². The van der Waals surface area contributed by atoms with Gasteiger partial charge in [0.1, 0.15) is 4.88 Å². The van der Waals surface area contributed by atoms with Crippen molar-refractivity contribution in [2.75, 3.05) is 6.54 Å². The van der Waals surface area contributed by atoms with Crippen LogP contribution in [0.25, 0.3) is 0 Å². The fraction of sp³-hybridized carbons (Fsp3) is 0.737. The summed E-state index contributed by atoms with van der Waals surface area (Å²) >= 11 is 1.36. The Morgan fingerprint density at radius 1 is 1.24 bits per heavy atom. The number of amides is 2. The molecule has 0 spiro atoms. The van der Waals surface area contributed by atoms with Gasteiger partial charge in [0.25, 0.3) is 5.91 Å². The number of nitrogens with zero attached hydrogens (tertiary/aromatic N) is 1. The molecule has 5 fully saturated rings. The second-order valence-electron chi connectivity index (χ2n) is 8.40. The van der Waals surface area contributed by atoms with Crippen LogP contribution < -0.4 is 10.6 Å². The minimum absolute atomic E-state index is 0.0347. The van der Waals surface area contributed by atoms with Crippen molar-refractivity contribution in [2.45, 2.75) is 44.6 Å². The molecule has 134 valence electrons. The van der Waals surface area contributed by atoms with Crippen LogP contribution in [-0.2, 0) is 4.79 Å². The Morgan fingerprint density at radius 2 is 2.00 bits per heavy atom. The Kier molecular flexibility index (Phi) is 3.84. The van der Waals surface area contributed by atoms with E-state index in [-0.39, 0.29) is 23.8 Å². The molecule has 6 heteroatoms. The number of nitrogens with one attached hydrogen (secondary N) is 2. The van der Waals surface area contributed by atoms with E-state index in [1.54, 1.807) is 11.7 Å². The summed E-state index contributed by atoms with van der Waals surface area (Å²) in [5.41, 5.74) is 1.68. The van der Waals surface area contributed by atoms with Crippen LogP contribution in [0.1, 0.15) is 48.2 Å². The van der Waals surface area contributed by atoms with Crippen LogP contribution in [0.3, 0.4) is 0 Å². The Bertz CT molecular complexity index is 656. The summed E-state index contributed by atoms with van der Waals surface area (Å²) in [5, 5.41) is 6.37. The lowest BCUT2D eigenvalue weighted by molar-refractivity contribution is -0.126. The molecule has 5 aliphatic carbocycles. The number of carbonyl (C=O) groups is 2. The molecule has 4 bridgehead atoms. The quantitative estimate of drug-likeness (QED) is 0.820. The van der Waals surface area contributed by atoms with Crippen LogP contribution in [0.5, 0.6) is 0 Å². The molecule has 1 heterocycles. The number of aromatic nitrogens is 1. The molecule has 25 heavy (non-hydrogen) atoms. The minimum Gasteiger partial charge on any atom is -0.354 e. The van der Waals surface area contributed by atoms with Gasteiger partial charge in [-0.2, -0.15) is 0 Å². The highest BCUT2D eigenvalue weighted by atomic mass is 32.1. The zero-order valence-electron chi connectivity index (χ0n) is 14.3. The van der Waals surface area contributed by atoms with Crippen molar-refractivity contribution in [2.24, 2.45) is 35.5 Å². The molecule has 5 nitrogen and oxygen atoms in total. The van der Waals surface area contributed by atoms with E-state index >= 15 is 0 Å². The second-order valence-corrected chi connectivity index (χ2v) is 9.28. The van der Waals surface area contributed by atoms with E-state index in [0.717, 1.165) is 24.7 Å². The molecule has 0 aliphatic heterocycles. The van der Waals surface area contributed by atoms with Crippen LogP contribution in [0.2, 0.25) is 0 Å². The first-order valence-corrected chi connectivity index (χ1v) is 10.6. The summed E-state index contributed by atoms with van der Waals surface area (Å²) in [4.78, 5) is 29.8. The molecule has 6 rings (SSSR count). The highest BCUT2D eigenvalue weighted by Crippen LogP contribution is 2.73. The molecule has 2 N–H and O–H groups in total. The molecule has 0 aromatic carbocycles. The van der Waals surface area contributed by atoms with Gasteiger partial charge in [-0.05, 0) is 55.3 Å². The monoisotopic (exact) mass is 359 g/mol. The average Bonchev–Trinajstić information content (AvgIpc) is 3.31. The number of hydrogen-bond acceptors (Lipinski definition) is 4. The maximum absolute atomic E-state index is 12.7. The van der Waals surface area contributed by atoms with Crippen molar-refractivity contribution in [1.29, 1.82) is 0 Å². The fourth-order valence-electron chi connectivity index (χ4n) is 6.05. The van der Waals surface area contributed by atoms with Crippen molar-refractivity contribution in [3.63, 3.8) is 0 Å². The van der Waals surface area contributed by atoms with Gasteiger partial charge in [0.05, 0.1) is 11.7 Å². The standard InChI is InChI=1S/C19H25N3O2S/c23-18(15-8-20-9-25-15)22-14(10-3-1-2-4-10)7-21-19(24)16-11-5-12-13(6-11)17(12)16/h8-14,16-17H,1-7H2,(H,21,24)(H,22,23). The summed E-state index contributed by atoms with van der Waals surface area (Å²) in [5.74, 6) is 3.96. The van der Waals surface area contributed by atoms with E-state index in [1.165, 1.54) is 37.0 Å². The molecule has 5 saturated carbocycles.